The minimum atomic E-state index is -5.15. The Kier molecular flexibility index (Phi) is 4.21. The van der Waals surface area contributed by atoms with Crippen molar-refractivity contribution < 1.29 is 48.5 Å². The molecule has 12 heteroatoms. The van der Waals surface area contributed by atoms with Crippen molar-refractivity contribution in [2.24, 2.45) is 0 Å². The zero-order chi connectivity index (χ0) is 15.9. The first-order valence-corrected chi connectivity index (χ1v) is 7.85. The topological polar surface area (TPSA) is 190 Å². The van der Waals surface area contributed by atoms with Crippen molar-refractivity contribution in [1.29, 1.82) is 0 Å². The van der Waals surface area contributed by atoms with E-state index in [2.05, 4.69) is 0 Å². The summed E-state index contributed by atoms with van der Waals surface area (Å²) in [4.78, 5) is 57.7. The molecule has 0 spiro atoms. The second kappa shape index (κ2) is 5.10. The van der Waals surface area contributed by atoms with Crippen LogP contribution in [0.2, 0.25) is 0 Å². The highest BCUT2D eigenvalue weighted by Crippen LogP contribution is 2.39. The number of carbonyl (C=O) groups is 2. The Morgan fingerprint density at radius 2 is 1.00 bits per heavy atom. The lowest BCUT2D eigenvalue weighted by molar-refractivity contribution is 0.0683. The highest BCUT2D eigenvalue weighted by Gasteiger charge is 2.33. The first kappa shape index (κ1) is 16.5. The molecule has 0 unspecified atom stereocenters. The lowest BCUT2D eigenvalue weighted by atomic mass is 10.1. The normalized spacial score (nSPS) is 12.2. The number of carboxylic acids is 2. The molecule has 10 nitrogen and oxygen atoms in total. The van der Waals surface area contributed by atoms with E-state index in [0.717, 1.165) is 0 Å². The second-order valence-corrected chi connectivity index (χ2v) is 6.72. The van der Waals surface area contributed by atoms with Crippen molar-refractivity contribution in [3.63, 3.8) is 0 Å². The van der Waals surface area contributed by atoms with Crippen molar-refractivity contribution in [2.45, 2.75) is 0 Å². The molecule has 0 saturated heterocycles. The molecule has 0 bridgehead atoms. The largest absolute Gasteiger partial charge is 0.478 e. The van der Waals surface area contributed by atoms with E-state index in [1.165, 1.54) is 0 Å². The number of aromatic carboxylic acids is 2. The van der Waals surface area contributed by atoms with Gasteiger partial charge in [-0.15, -0.1) is 0 Å². The summed E-state index contributed by atoms with van der Waals surface area (Å²) in [6.07, 6.45) is 0. The fraction of sp³-hybridized carbons (Fsp3) is 0. The van der Waals surface area contributed by atoms with Crippen molar-refractivity contribution in [2.75, 3.05) is 0 Å². The van der Waals surface area contributed by atoms with E-state index < -0.39 is 48.9 Å². The molecule has 6 N–H and O–H groups in total. The van der Waals surface area contributed by atoms with Gasteiger partial charge in [0.1, 0.15) is 0 Å². The van der Waals surface area contributed by atoms with Crippen molar-refractivity contribution in [1.82, 2.24) is 0 Å². The van der Waals surface area contributed by atoms with Gasteiger partial charge in [0, 0.05) is 0 Å². The van der Waals surface area contributed by atoms with Crippen molar-refractivity contribution in [3.8, 4) is 0 Å². The molecule has 0 aliphatic rings. The monoisotopic (exact) mass is 326 g/mol. The molecule has 0 atom stereocenters. The second-order valence-electron chi connectivity index (χ2n) is 3.58. The fourth-order valence-electron chi connectivity index (χ4n) is 1.40. The van der Waals surface area contributed by atoms with E-state index >= 15 is 0 Å². The highest BCUT2D eigenvalue weighted by atomic mass is 31.2. The summed E-state index contributed by atoms with van der Waals surface area (Å²) >= 11 is 0. The van der Waals surface area contributed by atoms with Crippen LogP contribution in [0.1, 0.15) is 20.7 Å². The minimum absolute atomic E-state index is 0.251. The van der Waals surface area contributed by atoms with Gasteiger partial charge in [0.2, 0.25) is 0 Å². The van der Waals surface area contributed by atoms with Gasteiger partial charge in [-0.25, -0.2) is 9.59 Å². The number of hydrogen-bond acceptors (Lipinski definition) is 4. The van der Waals surface area contributed by atoms with E-state index in [1.807, 2.05) is 0 Å². The van der Waals surface area contributed by atoms with E-state index in [-0.39, 0.29) is 12.1 Å². The van der Waals surface area contributed by atoms with Gasteiger partial charge in [-0.05, 0) is 12.1 Å². The molecule has 0 heterocycles. The molecule has 1 aromatic carbocycles. The molecule has 0 radical (unpaired) electrons. The maximum Gasteiger partial charge on any atom is 0.357 e. The molecule has 0 aliphatic heterocycles. The Bertz CT molecular complexity index is 621. The van der Waals surface area contributed by atoms with E-state index in [1.54, 1.807) is 0 Å². The van der Waals surface area contributed by atoms with Gasteiger partial charge in [0.05, 0.1) is 21.7 Å². The molecule has 0 aromatic heterocycles. The average molecular weight is 326 g/mol. The zero-order valence-corrected chi connectivity index (χ0v) is 11.2. The lowest BCUT2D eigenvalue weighted by Gasteiger charge is -2.13. The summed E-state index contributed by atoms with van der Waals surface area (Å²) in [5, 5.41) is 15.3. The van der Waals surface area contributed by atoms with Crippen molar-refractivity contribution in [3.05, 3.63) is 23.3 Å². The molecule has 0 fully saturated rings. The summed E-state index contributed by atoms with van der Waals surface area (Å²) in [5.41, 5.74) is -2.16. The van der Waals surface area contributed by atoms with E-state index in [9.17, 15) is 18.7 Å². The molecular weight excluding hydrogens is 318 g/mol. The van der Waals surface area contributed by atoms with Crippen LogP contribution >= 0.6 is 15.2 Å². The Labute approximate surface area is 110 Å². The van der Waals surface area contributed by atoms with Gasteiger partial charge in [-0.1, -0.05) is 0 Å². The van der Waals surface area contributed by atoms with Crippen LogP contribution < -0.4 is 10.6 Å². The quantitative estimate of drug-likeness (QED) is 0.362. The highest BCUT2D eigenvalue weighted by molar-refractivity contribution is 7.61. The van der Waals surface area contributed by atoms with Gasteiger partial charge in [-0.3, -0.25) is 9.13 Å². The maximum atomic E-state index is 11.1. The molecule has 0 aliphatic carbocycles. The molecule has 20 heavy (non-hydrogen) atoms. The third-order valence-electron chi connectivity index (χ3n) is 2.20. The summed E-state index contributed by atoms with van der Waals surface area (Å²) in [5.74, 6) is -3.73. The first-order chi connectivity index (χ1) is 8.85. The number of rotatable bonds is 4. The maximum absolute atomic E-state index is 11.1. The standard InChI is InChI=1S/C8H8O10P2/c9-7(10)3-1-5(19(13,14)15)4(8(11)12)2-6(3)20(16,17)18/h1-2H,(H,9,10)(H,11,12)(H2,13,14,15)(H2,16,17,18). The summed E-state index contributed by atoms with van der Waals surface area (Å²) < 4.78 is 22.3. The SMILES string of the molecule is O=C(O)c1cc(P(=O)(O)O)c(C(=O)O)cc1P(=O)(O)O. The number of carboxylic acid groups (broad SMARTS) is 2. The molecule has 0 amide bonds. The third kappa shape index (κ3) is 3.31. The van der Waals surface area contributed by atoms with Crippen LogP contribution in [0.4, 0.5) is 0 Å². The van der Waals surface area contributed by atoms with Gasteiger partial charge in [0.25, 0.3) is 0 Å². The Balaban J connectivity index is 3.89. The number of hydrogen-bond donors (Lipinski definition) is 6. The van der Waals surface area contributed by atoms with Crippen LogP contribution in [0.3, 0.4) is 0 Å². The fourth-order valence-corrected chi connectivity index (χ4v) is 2.94. The zero-order valence-electron chi connectivity index (χ0n) is 9.37. The molecule has 1 rings (SSSR count). The molecular formula is C8H8O10P2. The summed E-state index contributed by atoms with van der Waals surface area (Å²) in [6.45, 7) is 0. The van der Waals surface area contributed by atoms with Crippen LogP contribution in [0.5, 0.6) is 0 Å². The molecule has 0 saturated carbocycles. The van der Waals surface area contributed by atoms with Crippen molar-refractivity contribution >= 4 is 37.7 Å². The Hall–Kier alpha value is -1.54. The van der Waals surface area contributed by atoms with Gasteiger partial charge in [-0.2, -0.15) is 0 Å². The summed E-state index contributed by atoms with van der Waals surface area (Å²) in [7, 11) is -10.3. The predicted molar refractivity (Wildman–Crippen MR) is 63.7 cm³/mol. The molecule has 110 valence electrons. The lowest BCUT2D eigenvalue weighted by Crippen LogP contribution is -2.26. The first-order valence-electron chi connectivity index (χ1n) is 4.62. The smallest absolute Gasteiger partial charge is 0.357 e. The van der Waals surface area contributed by atoms with Crippen LogP contribution in [0.15, 0.2) is 12.1 Å². The minimum Gasteiger partial charge on any atom is -0.478 e. The predicted octanol–water partition coefficient (Wildman–Crippen LogP) is -1.31. The number of benzene rings is 1. The van der Waals surface area contributed by atoms with Crippen LogP contribution in [0.25, 0.3) is 0 Å². The average Bonchev–Trinajstić information content (AvgIpc) is 2.24. The van der Waals surface area contributed by atoms with Gasteiger partial charge in [0.15, 0.2) is 0 Å². The third-order valence-corrected chi connectivity index (χ3v) is 4.20. The molecule has 1 aromatic rings. The van der Waals surface area contributed by atoms with Crippen LogP contribution in [-0.2, 0) is 9.13 Å². The van der Waals surface area contributed by atoms with Gasteiger partial charge < -0.3 is 29.8 Å². The Morgan fingerprint density at radius 3 is 1.15 bits per heavy atom. The Morgan fingerprint density at radius 1 is 0.750 bits per heavy atom. The van der Waals surface area contributed by atoms with Crippen LogP contribution in [0, 0.1) is 0 Å². The van der Waals surface area contributed by atoms with E-state index in [4.69, 9.17) is 29.8 Å². The van der Waals surface area contributed by atoms with Crippen LogP contribution in [-0.4, -0.2) is 41.7 Å². The van der Waals surface area contributed by atoms with E-state index in [0.29, 0.717) is 0 Å². The summed E-state index contributed by atoms with van der Waals surface area (Å²) in [6, 6.07) is 0.502. The van der Waals surface area contributed by atoms with Gasteiger partial charge >= 0.3 is 27.1 Å².